The quantitative estimate of drug-likeness (QED) is 0.0665. The van der Waals surface area contributed by atoms with Crippen LogP contribution in [-0.4, -0.2) is 24.9 Å². The van der Waals surface area contributed by atoms with E-state index < -0.39 is 0 Å². The Labute approximate surface area is 369 Å². The molecule has 1 aromatic carbocycles. The first-order valence-corrected chi connectivity index (χ1v) is 26.8. The maximum Gasteiger partial charge on any atom is 0.125 e. The average molecular weight is 829 g/mol. The van der Waals surface area contributed by atoms with Crippen molar-refractivity contribution in [3.8, 4) is 5.75 Å². The molecule has 0 aromatic heterocycles. The molecular weight excluding hydrogens is 725 g/mol. The molecule has 4 nitrogen and oxygen atoms in total. The molecule has 0 unspecified atom stereocenters. The number of hydrogen-bond donors (Lipinski definition) is 1. The number of hydrogen-bond acceptors (Lipinski definition) is 4. The van der Waals surface area contributed by atoms with Crippen molar-refractivity contribution < 1.29 is 19.3 Å². The highest BCUT2D eigenvalue weighted by molar-refractivity contribution is 5.43. The molecule has 0 aliphatic heterocycles. The number of aliphatic hydroxyl groups is 1. The molecule has 1 aromatic rings. The van der Waals surface area contributed by atoms with Crippen LogP contribution in [0.25, 0.3) is 0 Å². The lowest BCUT2D eigenvalue weighted by atomic mass is 10.0. The maximum atomic E-state index is 10.2. The van der Waals surface area contributed by atoms with Gasteiger partial charge in [0, 0.05) is 18.8 Å². The predicted molar refractivity (Wildman–Crippen MR) is 259 cm³/mol. The predicted octanol–water partition coefficient (Wildman–Crippen LogP) is 18.3. The largest absolute Gasteiger partial charge is 0.493 e. The highest BCUT2D eigenvalue weighted by atomic mass is 16.5. The zero-order valence-electron chi connectivity index (χ0n) is 40.4. The average Bonchev–Trinajstić information content (AvgIpc) is 3.25. The summed E-state index contributed by atoms with van der Waals surface area (Å²) in [7, 11) is 0. The first-order valence-electron chi connectivity index (χ1n) is 26.8. The number of aliphatic hydroxyl groups excluding tert-OH is 1. The molecular formula is C55H104O4. The van der Waals surface area contributed by atoms with E-state index in [0.717, 1.165) is 61.5 Å². The molecule has 1 rings (SSSR count). The number of benzene rings is 1. The highest BCUT2D eigenvalue weighted by Gasteiger charge is 2.14. The Morgan fingerprint density at radius 1 is 0.339 bits per heavy atom. The third-order valence-electron chi connectivity index (χ3n) is 12.6. The van der Waals surface area contributed by atoms with Crippen LogP contribution in [0, 0.1) is 0 Å². The minimum Gasteiger partial charge on any atom is -0.493 e. The fourth-order valence-electron chi connectivity index (χ4n) is 8.56. The molecule has 0 radical (unpaired) electrons. The zero-order chi connectivity index (χ0) is 42.4. The van der Waals surface area contributed by atoms with Gasteiger partial charge < -0.3 is 19.3 Å². The lowest BCUT2D eigenvalue weighted by Gasteiger charge is -2.18. The SMILES string of the molecule is CCCCCCCCCCCCCCCCOc1cc(CO)cc(COCCCCCCCCCCCCCCC)c1COCCCCCCCCCCCCCCC. The Kier molecular flexibility index (Phi) is 44.0. The van der Waals surface area contributed by atoms with Gasteiger partial charge in [0.2, 0.25) is 0 Å². The molecule has 0 fully saturated rings. The third kappa shape index (κ3) is 37.2. The standard InChI is InChI=1S/C55H104O4/c1-4-7-10-13-16-19-22-25-28-31-34-37-40-43-46-59-55-48-52(49-56)47-53(50-57-44-41-38-35-32-29-26-23-20-17-14-11-8-5-2)54(55)51-58-45-42-39-36-33-30-27-24-21-18-15-12-9-6-3/h47-48,56H,4-46,49-51H2,1-3H3. The molecule has 59 heavy (non-hydrogen) atoms. The van der Waals surface area contributed by atoms with Crippen molar-refractivity contribution >= 4 is 0 Å². The summed E-state index contributed by atoms with van der Waals surface area (Å²) in [5.74, 6) is 0.885. The van der Waals surface area contributed by atoms with Crippen LogP contribution < -0.4 is 4.74 Å². The first-order chi connectivity index (χ1) is 29.3. The van der Waals surface area contributed by atoms with Crippen molar-refractivity contribution in [1.82, 2.24) is 0 Å². The minimum absolute atomic E-state index is 0.0150. The van der Waals surface area contributed by atoms with E-state index in [9.17, 15) is 5.11 Å². The molecule has 0 aliphatic carbocycles. The van der Waals surface area contributed by atoms with E-state index in [4.69, 9.17) is 14.2 Å². The molecule has 0 heterocycles. The number of ether oxygens (including phenoxy) is 3. The Morgan fingerprint density at radius 3 is 0.949 bits per heavy atom. The second-order valence-electron chi connectivity index (χ2n) is 18.4. The van der Waals surface area contributed by atoms with Crippen molar-refractivity contribution in [1.29, 1.82) is 0 Å². The first kappa shape index (κ1) is 55.9. The van der Waals surface area contributed by atoms with Gasteiger partial charge in [0.05, 0.1) is 26.4 Å². The van der Waals surface area contributed by atoms with Crippen LogP contribution >= 0.6 is 0 Å². The number of unbranched alkanes of at least 4 members (excludes halogenated alkanes) is 37. The molecule has 0 bridgehead atoms. The monoisotopic (exact) mass is 829 g/mol. The fourth-order valence-corrected chi connectivity index (χ4v) is 8.56. The Morgan fingerprint density at radius 2 is 0.627 bits per heavy atom. The Bertz CT molecular complexity index is 907. The van der Waals surface area contributed by atoms with Gasteiger partial charge in [-0.15, -0.1) is 0 Å². The Hall–Kier alpha value is -1.10. The van der Waals surface area contributed by atoms with Crippen LogP contribution in [-0.2, 0) is 29.3 Å². The van der Waals surface area contributed by atoms with Crippen LogP contribution in [0.5, 0.6) is 5.75 Å². The van der Waals surface area contributed by atoms with Crippen LogP contribution in [0.4, 0.5) is 0 Å². The molecule has 4 heteroatoms. The summed E-state index contributed by atoms with van der Waals surface area (Å²) < 4.78 is 19.1. The smallest absolute Gasteiger partial charge is 0.125 e. The molecule has 0 atom stereocenters. The van der Waals surface area contributed by atoms with Gasteiger partial charge in [-0.05, 0) is 36.5 Å². The van der Waals surface area contributed by atoms with Crippen molar-refractivity contribution in [2.45, 2.75) is 297 Å². The van der Waals surface area contributed by atoms with Crippen molar-refractivity contribution in [2.75, 3.05) is 19.8 Å². The van der Waals surface area contributed by atoms with E-state index in [-0.39, 0.29) is 6.61 Å². The summed E-state index contributed by atoms with van der Waals surface area (Å²) in [4.78, 5) is 0. The molecule has 1 N–H and O–H groups in total. The van der Waals surface area contributed by atoms with Crippen LogP contribution in [0.3, 0.4) is 0 Å². The summed E-state index contributed by atoms with van der Waals surface area (Å²) in [6, 6.07) is 4.16. The van der Waals surface area contributed by atoms with Gasteiger partial charge in [-0.2, -0.15) is 0 Å². The van der Waals surface area contributed by atoms with Crippen LogP contribution in [0.2, 0.25) is 0 Å². The zero-order valence-corrected chi connectivity index (χ0v) is 40.4. The summed E-state index contributed by atoms with van der Waals surface area (Å²) in [5, 5.41) is 10.2. The van der Waals surface area contributed by atoms with Gasteiger partial charge in [-0.3, -0.25) is 0 Å². The molecule has 0 aliphatic rings. The van der Waals surface area contributed by atoms with Crippen LogP contribution in [0.15, 0.2) is 12.1 Å². The van der Waals surface area contributed by atoms with Gasteiger partial charge >= 0.3 is 0 Å². The lowest BCUT2D eigenvalue weighted by molar-refractivity contribution is 0.101. The minimum atomic E-state index is 0.0150. The van der Waals surface area contributed by atoms with Gasteiger partial charge in [0.1, 0.15) is 5.75 Å². The second-order valence-corrected chi connectivity index (χ2v) is 18.4. The summed E-state index contributed by atoms with van der Waals surface area (Å²) in [5.41, 5.74) is 3.14. The summed E-state index contributed by atoms with van der Waals surface area (Å²) in [6.07, 6.45) is 54.4. The normalized spacial score (nSPS) is 11.6. The molecule has 0 saturated heterocycles. The highest BCUT2D eigenvalue weighted by Crippen LogP contribution is 2.28. The topological polar surface area (TPSA) is 47.9 Å². The van der Waals surface area contributed by atoms with E-state index in [0.29, 0.717) is 13.2 Å². The van der Waals surface area contributed by atoms with E-state index in [1.54, 1.807) is 0 Å². The summed E-state index contributed by atoms with van der Waals surface area (Å²) in [6.45, 7) is 10.3. The van der Waals surface area contributed by atoms with Gasteiger partial charge in [0.25, 0.3) is 0 Å². The van der Waals surface area contributed by atoms with Crippen molar-refractivity contribution in [2.24, 2.45) is 0 Å². The van der Waals surface area contributed by atoms with E-state index in [1.165, 1.54) is 238 Å². The molecule has 0 saturated carbocycles. The Balaban J connectivity index is 2.44. The van der Waals surface area contributed by atoms with Gasteiger partial charge in [-0.1, -0.05) is 264 Å². The summed E-state index contributed by atoms with van der Waals surface area (Å²) >= 11 is 0. The molecule has 0 amide bonds. The third-order valence-corrected chi connectivity index (χ3v) is 12.6. The van der Waals surface area contributed by atoms with E-state index in [1.807, 2.05) is 6.07 Å². The van der Waals surface area contributed by atoms with E-state index in [2.05, 4.69) is 26.8 Å². The lowest BCUT2D eigenvalue weighted by Crippen LogP contribution is -2.08. The molecule has 348 valence electrons. The fraction of sp³-hybridized carbons (Fsp3) is 0.891. The second kappa shape index (κ2) is 46.4. The molecule has 0 spiro atoms. The number of rotatable bonds is 49. The maximum absolute atomic E-state index is 10.2. The van der Waals surface area contributed by atoms with Crippen LogP contribution in [0.1, 0.15) is 294 Å². The van der Waals surface area contributed by atoms with Crippen molar-refractivity contribution in [3.63, 3.8) is 0 Å². The van der Waals surface area contributed by atoms with Gasteiger partial charge in [0.15, 0.2) is 0 Å². The van der Waals surface area contributed by atoms with Gasteiger partial charge in [-0.25, -0.2) is 0 Å². The van der Waals surface area contributed by atoms with Crippen molar-refractivity contribution in [3.05, 3.63) is 28.8 Å². The van der Waals surface area contributed by atoms with E-state index >= 15 is 0 Å².